The van der Waals surface area contributed by atoms with Crippen molar-refractivity contribution in [1.82, 2.24) is 0 Å². The highest BCUT2D eigenvalue weighted by atomic mass is 16.5. The normalized spacial score (nSPS) is 15.1. The highest BCUT2D eigenvalue weighted by molar-refractivity contribution is 5.74. The van der Waals surface area contributed by atoms with Crippen LogP contribution in [0.5, 0.6) is 0 Å². The molecule has 0 radical (unpaired) electrons. The third-order valence-electron chi connectivity index (χ3n) is 1.72. The van der Waals surface area contributed by atoms with Crippen LogP contribution in [0.15, 0.2) is 0 Å². The van der Waals surface area contributed by atoms with E-state index in [9.17, 15) is 9.90 Å². The Bertz CT molecular complexity index is 147. The number of carbonyl (C=O) groups is 1. The second-order valence-electron chi connectivity index (χ2n) is 2.75. The average molecular weight is 192 g/mol. The van der Waals surface area contributed by atoms with Gasteiger partial charge in [0.25, 0.3) is 0 Å². The molecule has 0 saturated heterocycles. The van der Waals surface area contributed by atoms with Crippen LogP contribution in [0, 0.1) is 0 Å². The second-order valence-corrected chi connectivity index (χ2v) is 2.75. The summed E-state index contributed by atoms with van der Waals surface area (Å²) in [5, 5.41) is 26.7. The maximum atomic E-state index is 10.7. The van der Waals surface area contributed by atoms with Gasteiger partial charge in [0.1, 0.15) is 0 Å². The van der Waals surface area contributed by atoms with Crippen LogP contribution in [-0.2, 0) is 9.53 Å². The number of esters is 1. The highest BCUT2D eigenvalue weighted by Gasteiger charge is 2.24. The number of hydrogen-bond acceptors (Lipinski definition) is 5. The predicted molar refractivity (Wildman–Crippen MR) is 45.0 cm³/mol. The van der Waals surface area contributed by atoms with Crippen LogP contribution >= 0.6 is 0 Å². The molecule has 2 atom stereocenters. The summed E-state index contributed by atoms with van der Waals surface area (Å²) in [4.78, 5) is 10.7. The Kier molecular flexibility index (Phi) is 6.48. The Labute approximate surface area is 77.0 Å². The van der Waals surface area contributed by atoms with Crippen LogP contribution in [0.3, 0.4) is 0 Å². The molecule has 0 heterocycles. The van der Waals surface area contributed by atoms with Gasteiger partial charge in [-0.15, -0.1) is 0 Å². The van der Waals surface area contributed by atoms with Gasteiger partial charge in [-0.3, -0.25) is 0 Å². The molecular formula is C8H16O5. The van der Waals surface area contributed by atoms with E-state index >= 15 is 0 Å². The molecule has 0 aromatic rings. The Hall–Kier alpha value is -0.650. The summed E-state index contributed by atoms with van der Waals surface area (Å²) < 4.78 is 4.24. The summed E-state index contributed by atoms with van der Waals surface area (Å²) >= 11 is 0. The third-order valence-corrected chi connectivity index (χ3v) is 1.72. The van der Waals surface area contributed by atoms with Crippen molar-refractivity contribution in [1.29, 1.82) is 0 Å². The average Bonchev–Trinajstić information content (AvgIpc) is 2.15. The molecule has 2 unspecified atom stereocenters. The van der Waals surface area contributed by atoms with E-state index in [1.54, 1.807) is 0 Å². The largest absolute Gasteiger partial charge is 0.467 e. The van der Waals surface area contributed by atoms with Gasteiger partial charge in [0, 0.05) is 6.61 Å². The van der Waals surface area contributed by atoms with Gasteiger partial charge in [0.2, 0.25) is 0 Å². The fraction of sp³-hybridized carbons (Fsp3) is 0.875. The minimum absolute atomic E-state index is 0.0427. The molecule has 0 bridgehead atoms. The van der Waals surface area contributed by atoms with Crippen LogP contribution in [0.25, 0.3) is 0 Å². The smallest absolute Gasteiger partial charge is 0.337 e. The van der Waals surface area contributed by atoms with Crippen LogP contribution in [-0.4, -0.2) is 47.2 Å². The topological polar surface area (TPSA) is 87.0 Å². The van der Waals surface area contributed by atoms with E-state index in [-0.39, 0.29) is 13.0 Å². The minimum atomic E-state index is -1.48. The summed E-state index contributed by atoms with van der Waals surface area (Å²) in [6.45, 7) is 0.0427. The zero-order valence-electron chi connectivity index (χ0n) is 7.64. The molecule has 5 nitrogen and oxygen atoms in total. The number of hydrogen-bond donors (Lipinski definition) is 3. The number of methoxy groups -OCH3 is 1. The van der Waals surface area contributed by atoms with Crippen molar-refractivity contribution in [2.24, 2.45) is 0 Å². The summed E-state index contributed by atoms with van der Waals surface area (Å²) in [5.74, 6) is -0.837. The van der Waals surface area contributed by atoms with Gasteiger partial charge < -0.3 is 20.1 Å². The first-order valence-corrected chi connectivity index (χ1v) is 4.18. The van der Waals surface area contributed by atoms with Crippen molar-refractivity contribution >= 4 is 5.97 Å². The van der Waals surface area contributed by atoms with E-state index < -0.39 is 18.2 Å². The molecule has 0 spiro atoms. The Morgan fingerprint density at radius 1 is 1.38 bits per heavy atom. The van der Waals surface area contributed by atoms with E-state index in [0.717, 1.165) is 7.11 Å². The quantitative estimate of drug-likeness (QED) is 0.373. The van der Waals surface area contributed by atoms with Crippen molar-refractivity contribution in [2.75, 3.05) is 13.7 Å². The number of aliphatic hydroxyl groups is 3. The Morgan fingerprint density at radius 3 is 2.46 bits per heavy atom. The SMILES string of the molecule is COC(=O)C(O)C(O)CCCCO. The molecule has 0 aliphatic heterocycles. The Morgan fingerprint density at radius 2 is 2.00 bits per heavy atom. The van der Waals surface area contributed by atoms with Gasteiger partial charge in [0.15, 0.2) is 6.10 Å². The molecule has 3 N–H and O–H groups in total. The molecule has 0 fully saturated rings. The molecule has 0 aromatic carbocycles. The summed E-state index contributed by atoms with van der Waals surface area (Å²) in [5.41, 5.74) is 0. The van der Waals surface area contributed by atoms with Crippen molar-refractivity contribution in [3.8, 4) is 0 Å². The van der Waals surface area contributed by atoms with E-state index in [4.69, 9.17) is 10.2 Å². The zero-order valence-corrected chi connectivity index (χ0v) is 7.64. The third kappa shape index (κ3) is 4.82. The number of unbranched alkanes of at least 4 members (excludes halogenated alkanes) is 1. The van der Waals surface area contributed by atoms with Crippen molar-refractivity contribution in [3.05, 3.63) is 0 Å². The van der Waals surface area contributed by atoms with Gasteiger partial charge in [0.05, 0.1) is 13.2 Å². The van der Waals surface area contributed by atoms with Gasteiger partial charge in [-0.1, -0.05) is 0 Å². The standard InChI is InChI=1S/C8H16O5/c1-13-8(12)7(11)6(10)4-2-3-5-9/h6-7,9-11H,2-5H2,1H3. The highest BCUT2D eigenvalue weighted by Crippen LogP contribution is 2.05. The first kappa shape index (κ1) is 12.3. The van der Waals surface area contributed by atoms with Gasteiger partial charge >= 0.3 is 5.97 Å². The molecule has 0 saturated carbocycles. The number of carbonyl (C=O) groups excluding carboxylic acids is 1. The Balaban J connectivity index is 3.68. The van der Waals surface area contributed by atoms with E-state index in [2.05, 4.69) is 4.74 Å². The molecule has 0 aliphatic carbocycles. The summed E-state index contributed by atoms with van der Waals surface area (Å²) in [6, 6.07) is 0. The molecule has 5 heteroatoms. The van der Waals surface area contributed by atoms with Crippen molar-refractivity contribution < 1.29 is 24.9 Å². The fourth-order valence-electron chi connectivity index (χ4n) is 0.901. The molecule has 0 amide bonds. The molecule has 0 aromatic heterocycles. The van der Waals surface area contributed by atoms with Gasteiger partial charge in [-0.25, -0.2) is 4.79 Å². The van der Waals surface area contributed by atoms with Crippen LogP contribution < -0.4 is 0 Å². The van der Waals surface area contributed by atoms with Gasteiger partial charge in [-0.05, 0) is 19.3 Å². The molecule has 0 rings (SSSR count). The van der Waals surface area contributed by atoms with Crippen molar-refractivity contribution in [2.45, 2.75) is 31.5 Å². The maximum absolute atomic E-state index is 10.7. The first-order valence-electron chi connectivity index (χ1n) is 4.18. The van der Waals surface area contributed by atoms with Crippen LogP contribution in [0.2, 0.25) is 0 Å². The summed E-state index contributed by atoms with van der Waals surface area (Å²) in [7, 11) is 1.14. The maximum Gasteiger partial charge on any atom is 0.337 e. The molecule has 0 aliphatic rings. The van der Waals surface area contributed by atoms with Gasteiger partial charge in [-0.2, -0.15) is 0 Å². The molecular weight excluding hydrogens is 176 g/mol. The lowest BCUT2D eigenvalue weighted by Gasteiger charge is -2.14. The van der Waals surface area contributed by atoms with E-state index in [0.29, 0.717) is 12.8 Å². The summed E-state index contributed by atoms with van der Waals surface area (Å²) in [6.07, 6.45) is -1.21. The monoisotopic (exact) mass is 192 g/mol. The fourth-order valence-corrected chi connectivity index (χ4v) is 0.901. The second kappa shape index (κ2) is 6.82. The van der Waals surface area contributed by atoms with Crippen molar-refractivity contribution in [3.63, 3.8) is 0 Å². The first-order chi connectivity index (χ1) is 6.13. The molecule has 13 heavy (non-hydrogen) atoms. The number of ether oxygens (including phenoxy) is 1. The predicted octanol–water partition coefficient (Wildman–Crippen LogP) is -0.956. The molecule has 78 valence electrons. The van der Waals surface area contributed by atoms with Crippen LogP contribution in [0.4, 0.5) is 0 Å². The number of aliphatic hydroxyl groups excluding tert-OH is 3. The lowest BCUT2D eigenvalue weighted by Crippen LogP contribution is -2.34. The number of rotatable bonds is 6. The minimum Gasteiger partial charge on any atom is -0.467 e. The lowest BCUT2D eigenvalue weighted by molar-refractivity contribution is -0.156. The zero-order chi connectivity index (χ0) is 10.3. The van der Waals surface area contributed by atoms with E-state index in [1.165, 1.54) is 0 Å². The van der Waals surface area contributed by atoms with Crippen LogP contribution in [0.1, 0.15) is 19.3 Å². The lowest BCUT2D eigenvalue weighted by atomic mass is 10.1. The van der Waals surface area contributed by atoms with E-state index in [1.807, 2.05) is 0 Å².